The van der Waals surface area contributed by atoms with E-state index in [1.807, 2.05) is 0 Å². The Hall–Kier alpha value is -2.24. The van der Waals surface area contributed by atoms with Gasteiger partial charge in [0.2, 0.25) is 0 Å². The molecular formula is C15H20N4O2. The number of hydrogen-bond acceptors (Lipinski definition) is 4. The second-order valence-electron chi connectivity index (χ2n) is 5.44. The van der Waals surface area contributed by atoms with Gasteiger partial charge in [-0.2, -0.15) is 0 Å². The lowest BCUT2D eigenvalue weighted by atomic mass is 10.0. The van der Waals surface area contributed by atoms with E-state index in [1.54, 1.807) is 11.6 Å². The number of rotatable bonds is 6. The fourth-order valence-corrected chi connectivity index (χ4v) is 2.06. The number of hydrogen-bond donors (Lipinski definition) is 1. The molecule has 0 saturated heterocycles. The van der Waals surface area contributed by atoms with Gasteiger partial charge in [-0.15, -0.1) is 5.10 Å². The molecule has 0 saturated carbocycles. The number of tetrazole rings is 1. The summed E-state index contributed by atoms with van der Waals surface area (Å²) in [5, 5.41) is 20.6. The van der Waals surface area contributed by atoms with Crippen LogP contribution < -0.4 is 0 Å². The van der Waals surface area contributed by atoms with Gasteiger partial charge in [-0.3, -0.25) is 4.79 Å². The third kappa shape index (κ3) is 3.87. The van der Waals surface area contributed by atoms with Gasteiger partial charge in [0.05, 0.1) is 5.92 Å². The van der Waals surface area contributed by atoms with Crippen LogP contribution in [0.4, 0.5) is 0 Å². The van der Waals surface area contributed by atoms with Crippen LogP contribution in [0, 0.1) is 19.8 Å². The third-order valence-corrected chi connectivity index (χ3v) is 3.74. The summed E-state index contributed by atoms with van der Waals surface area (Å²) >= 11 is 0. The fraction of sp³-hybridized carbons (Fsp3) is 0.467. The lowest BCUT2D eigenvalue weighted by Crippen LogP contribution is -2.15. The Morgan fingerprint density at radius 2 is 2.10 bits per heavy atom. The van der Waals surface area contributed by atoms with E-state index < -0.39 is 11.9 Å². The summed E-state index contributed by atoms with van der Waals surface area (Å²) in [6, 6.07) is 6.29. The first-order chi connectivity index (χ1) is 9.97. The molecule has 0 bridgehead atoms. The zero-order valence-electron chi connectivity index (χ0n) is 12.6. The van der Waals surface area contributed by atoms with E-state index in [0.717, 1.165) is 11.4 Å². The molecule has 1 N–H and O–H groups in total. The molecule has 21 heavy (non-hydrogen) atoms. The zero-order chi connectivity index (χ0) is 15.4. The van der Waals surface area contributed by atoms with Gasteiger partial charge in [0.1, 0.15) is 0 Å². The van der Waals surface area contributed by atoms with Crippen molar-refractivity contribution in [2.45, 2.75) is 40.2 Å². The Labute approximate surface area is 123 Å². The number of carboxylic acids is 1. The molecule has 0 radical (unpaired) electrons. The summed E-state index contributed by atoms with van der Waals surface area (Å²) in [6.07, 6.45) is 1.16. The number of aromatic nitrogens is 4. The van der Waals surface area contributed by atoms with Gasteiger partial charge >= 0.3 is 5.97 Å². The summed E-state index contributed by atoms with van der Waals surface area (Å²) in [5.41, 5.74) is 3.65. The van der Waals surface area contributed by atoms with Crippen molar-refractivity contribution in [2.24, 2.45) is 5.92 Å². The molecule has 0 aliphatic rings. The molecule has 6 nitrogen and oxygen atoms in total. The van der Waals surface area contributed by atoms with Crippen LogP contribution in [0.15, 0.2) is 18.2 Å². The second-order valence-corrected chi connectivity index (χ2v) is 5.44. The van der Waals surface area contributed by atoms with E-state index in [2.05, 4.69) is 47.6 Å². The average molecular weight is 288 g/mol. The maximum Gasteiger partial charge on any atom is 0.306 e. The summed E-state index contributed by atoms with van der Waals surface area (Å²) in [5.74, 6) is -0.432. The number of carbonyl (C=O) groups is 1. The molecule has 1 atom stereocenters. The minimum Gasteiger partial charge on any atom is -0.481 e. The molecule has 2 rings (SSSR count). The van der Waals surface area contributed by atoms with Gasteiger partial charge in [-0.1, -0.05) is 25.1 Å². The number of aryl methyl sites for hydroxylation is 3. The van der Waals surface area contributed by atoms with E-state index in [-0.39, 0.29) is 0 Å². The van der Waals surface area contributed by atoms with E-state index in [4.69, 9.17) is 5.11 Å². The lowest BCUT2D eigenvalue weighted by Gasteiger charge is -2.08. The third-order valence-electron chi connectivity index (χ3n) is 3.74. The standard InChI is InChI=1S/C15H20N4O2/c1-10-4-5-13(8-12(10)3)9-14-16-17-18-19(14)7-6-11(2)15(20)21/h4-5,8,11H,6-7,9H2,1-3H3,(H,20,21). The first-order valence-corrected chi connectivity index (χ1v) is 7.01. The normalized spacial score (nSPS) is 12.3. The summed E-state index contributed by atoms with van der Waals surface area (Å²) in [4.78, 5) is 10.8. The Bertz CT molecular complexity index is 636. The lowest BCUT2D eigenvalue weighted by molar-refractivity contribution is -0.141. The molecule has 1 heterocycles. The van der Waals surface area contributed by atoms with Gasteiger partial charge in [-0.25, -0.2) is 4.68 Å². The second kappa shape index (κ2) is 6.47. The maximum absolute atomic E-state index is 10.8. The Kier molecular flexibility index (Phi) is 4.67. The molecule has 0 aliphatic heterocycles. The van der Waals surface area contributed by atoms with Crippen molar-refractivity contribution in [1.29, 1.82) is 0 Å². The van der Waals surface area contributed by atoms with Gasteiger partial charge in [0.25, 0.3) is 0 Å². The van der Waals surface area contributed by atoms with Gasteiger partial charge < -0.3 is 5.11 Å². The topological polar surface area (TPSA) is 80.9 Å². The number of nitrogens with zero attached hydrogens (tertiary/aromatic N) is 4. The largest absolute Gasteiger partial charge is 0.481 e. The smallest absolute Gasteiger partial charge is 0.306 e. The Morgan fingerprint density at radius 1 is 1.33 bits per heavy atom. The van der Waals surface area contributed by atoms with Crippen LogP contribution >= 0.6 is 0 Å². The van der Waals surface area contributed by atoms with Crippen molar-refractivity contribution in [3.05, 3.63) is 40.7 Å². The van der Waals surface area contributed by atoms with Gasteiger partial charge in [0, 0.05) is 13.0 Å². The number of benzene rings is 1. The van der Waals surface area contributed by atoms with Crippen LogP contribution in [0.1, 0.15) is 35.9 Å². The molecule has 1 aromatic carbocycles. The molecular weight excluding hydrogens is 268 g/mol. The van der Waals surface area contributed by atoms with Crippen molar-refractivity contribution in [1.82, 2.24) is 20.2 Å². The molecule has 112 valence electrons. The molecule has 1 aromatic heterocycles. The molecule has 0 aliphatic carbocycles. The Morgan fingerprint density at radius 3 is 2.76 bits per heavy atom. The highest BCUT2D eigenvalue weighted by Gasteiger charge is 2.13. The highest BCUT2D eigenvalue weighted by molar-refractivity contribution is 5.69. The summed E-state index contributed by atoms with van der Waals surface area (Å²) in [6.45, 7) is 6.36. The van der Waals surface area contributed by atoms with Crippen LogP contribution in [-0.2, 0) is 17.8 Å². The van der Waals surface area contributed by atoms with Crippen molar-refractivity contribution >= 4 is 5.97 Å². The molecule has 2 aromatic rings. The quantitative estimate of drug-likeness (QED) is 0.879. The van der Waals surface area contributed by atoms with E-state index in [0.29, 0.717) is 19.4 Å². The number of carboxylic acid groups (broad SMARTS) is 1. The first-order valence-electron chi connectivity index (χ1n) is 7.01. The van der Waals surface area contributed by atoms with Crippen LogP contribution in [0.3, 0.4) is 0 Å². The van der Waals surface area contributed by atoms with Gasteiger partial charge in [-0.05, 0) is 47.4 Å². The predicted octanol–water partition coefficient (Wildman–Crippen LogP) is 1.99. The monoisotopic (exact) mass is 288 g/mol. The number of aliphatic carboxylic acids is 1. The maximum atomic E-state index is 10.8. The highest BCUT2D eigenvalue weighted by atomic mass is 16.4. The summed E-state index contributed by atoms with van der Waals surface area (Å²) < 4.78 is 1.69. The predicted molar refractivity (Wildman–Crippen MR) is 78.0 cm³/mol. The first kappa shape index (κ1) is 15.2. The SMILES string of the molecule is Cc1ccc(Cc2nnnn2CCC(C)C(=O)O)cc1C. The van der Waals surface area contributed by atoms with Crippen molar-refractivity contribution in [3.63, 3.8) is 0 Å². The van der Waals surface area contributed by atoms with Crippen molar-refractivity contribution in [3.8, 4) is 0 Å². The van der Waals surface area contributed by atoms with E-state index in [1.165, 1.54) is 11.1 Å². The minimum absolute atomic E-state index is 0.399. The fourth-order valence-electron chi connectivity index (χ4n) is 2.06. The average Bonchev–Trinajstić information content (AvgIpc) is 2.87. The highest BCUT2D eigenvalue weighted by Crippen LogP contribution is 2.13. The zero-order valence-corrected chi connectivity index (χ0v) is 12.6. The molecule has 1 unspecified atom stereocenters. The van der Waals surface area contributed by atoms with Crippen LogP contribution in [0.5, 0.6) is 0 Å². The molecule has 0 fully saturated rings. The Balaban J connectivity index is 2.06. The van der Waals surface area contributed by atoms with Crippen molar-refractivity contribution < 1.29 is 9.90 Å². The van der Waals surface area contributed by atoms with E-state index in [9.17, 15) is 4.79 Å². The van der Waals surface area contributed by atoms with E-state index >= 15 is 0 Å². The minimum atomic E-state index is -0.793. The van der Waals surface area contributed by atoms with Crippen LogP contribution in [-0.4, -0.2) is 31.3 Å². The molecule has 6 heteroatoms. The molecule has 0 amide bonds. The van der Waals surface area contributed by atoms with Crippen LogP contribution in [0.2, 0.25) is 0 Å². The van der Waals surface area contributed by atoms with Crippen molar-refractivity contribution in [2.75, 3.05) is 0 Å². The van der Waals surface area contributed by atoms with Gasteiger partial charge in [0.15, 0.2) is 5.82 Å². The molecule has 0 spiro atoms. The summed E-state index contributed by atoms with van der Waals surface area (Å²) in [7, 11) is 0. The van der Waals surface area contributed by atoms with Crippen LogP contribution in [0.25, 0.3) is 0 Å².